The number of anilines is 3. The number of hydrogen-bond acceptors (Lipinski definition) is 6. The van der Waals surface area contributed by atoms with E-state index in [0.29, 0.717) is 11.0 Å². The molecule has 4 aromatic rings. The van der Waals surface area contributed by atoms with Gasteiger partial charge in [0.15, 0.2) is 0 Å². The summed E-state index contributed by atoms with van der Waals surface area (Å²) in [7, 11) is 0. The number of aromatic nitrogens is 4. The van der Waals surface area contributed by atoms with E-state index in [1.54, 1.807) is 12.4 Å². The van der Waals surface area contributed by atoms with E-state index in [1.807, 2.05) is 24.4 Å². The molecular formula is C23H23ClN6O. The third kappa shape index (κ3) is 3.94. The molecule has 5 rings (SSSR count). The Balaban J connectivity index is 1.46. The van der Waals surface area contributed by atoms with Gasteiger partial charge in [0.05, 0.1) is 29.4 Å². The molecule has 1 aliphatic heterocycles. The summed E-state index contributed by atoms with van der Waals surface area (Å²) >= 11 is 6.42. The van der Waals surface area contributed by atoms with Crippen LogP contribution < -0.4 is 10.2 Å². The first-order valence-corrected chi connectivity index (χ1v) is 10.8. The van der Waals surface area contributed by atoms with Crippen molar-refractivity contribution in [1.82, 2.24) is 19.5 Å². The fourth-order valence-electron chi connectivity index (χ4n) is 3.96. The van der Waals surface area contributed by atoms with Gasteiger partial charge < -0.3 is 19.5 Å². The van der Waals surface area contributed by atoms with E-state index in [0.717, 1.165) is 66.4 Å². The molecule has 0 spiro atoms. The van der Waals surface area contributed by atoms with Gasteiger partial charge in [-0.05, 0) is 31.2 Å². The van der Waals surface area contributed by atoms with Gasteiger partial charge in [-0.25, -0.2) is 9.97 Å². The van der Waals surface area contributed by atoms with Crippen LogP contribution >= 0.6 is 11.6 Å². The van der Waals surface area contributed by atoms with E-state index < -0.39 is 0 Å². The Labute approximate surface area is 185 Å². The normalized spacial score (nSPS) is 14.2. The molecule has 0 atom stereocenters. The third-order valence-electron chi connectivity index (χ3n) is 5.49. The smallest absolute Gasteiger partial charge is 0.227 e. The van der Waals surface area contributed by atoms with Gasteiger partial charge in [-0.1, -0.05) is 17.7 Å². The molecule has 0 amide bonds. The highest BCUT2D eigenvalue weighted by Gasteiger charge is 2.15. The monoisotopic (exact) mass is 434 g/mol. The summed E-state index contributed by atoms with van der Waals surface area (Å²) in [5.41, 5.74) is 4.89. The molecule has 0 bridgehead atoms. The minimum atomic E-state index is 0.545. The molecule has 31 heavy (non-hydrogen) atoms. The first kappa shape index (κ1) is 19.8. The number of rotatable bonds is 5. The summed E-state index contributed by atoms with van der Waals surface area (Å²) in [4.78, 5) is 15.8. The van der Waals surface area contributed by atoms with Crippen LogP contribution in [0.15, 0.2) is 55.1 Å². The molecule has 1 aliphatic rings. The lowest BCUT2D eigenvalue weighted by molar-refractivity contribution is 0.122. The van der Waals surface area contributed by atoms with Gasteiger partial charge in [-0.15, -0.1) is 0 Å². The Kier molecular flexibility index (Phi) is 5.44. The summed E-state index contributed by atoms with van der Waals surface area (Å²) in [6.07, 6.45) is 7.35. The number of pyridine rings is 1. The second-order valence-electron chi connectivity index (χ2n) is 7.39. The Bertz CT molecular complexity index is 1220. The quantitative estimate of drug-likeness (QED) is 0.489. The fraction of sp³-hybridized carbons (Fsp3) is 0.261. The molecule has 1 N–H and O–H groups in total. The number of ether oxygens (including phenoxy) is 1. The number of fused-ring (bicyclic) bond motifs is 1. The standard InChI is InChI=1S/C23H23ClN6O/c1-2-29-15-19(18-13-25-14-20(24)22(18)29)21-6-7-26-23(28-21)27-16-4-3-5-17(12-16)30-8-10-31-11-9-30/h3-7,12-15H,2,8-11H2,1H3,(H,26,27,28). The van der Waals surface area contributed by atoms with Crippen LogP contribution in [0.1, 0.15) is 6.92 Å². The van der Waals surface area contributed by atoms with Crippen molar-refractivity contribution in [2.45, 2.75) is 13.5 Å². The molecule has 4 heterocycles. The van der Waals surface area contributed by atoms with E-state index in [2.05, 4.69) is 50.0 Å². The van der Waals surface area contributed by atoms with Crippen molar-refractivity contribution >= 4 is 39.8 Å². The van der Waals surface area contributed by atoms with Gasteiger partial charge in [-0.3, -0.25) is 4.98 Å². The molecule has 3 aromatic heterocycles. The molecule has 7 nitrogen and oxygen atoms in total. The summed E-state index contributed by atoms with van der Waals surface area (Å²) in [5.74, 6) is 0.545. The second kappa shape index (κ2) is 8.53. The zero-order valence-corrected chi connectivity index (χ0v) is 18.0. The Morgan fingerprint density at radius 3 is 2.87 bits per heavy atom. The van der Waals surface area contributed by atoms with Crippen LogP contribution in [-0.2, 0) is 11.3 Å². The van der Waals surface area contributed by atoms with Crippen molar-refractivity contribution in [1.29, 1.82) is 0 Å². The Morgan fingerprint density at radius 1 is 1.16 bits per heavy atom. The largest absolute Gasteiger partial charge is 0.378 e. The molecule has 0 aliphatic carbocycles. The van der Waals surface area contributed by atoms with Crippen molar-refractivity contribution < 1.29 is 4.74 Å². The maximum absolute atomic E-state index is 6.42. The van der Waals surface area contributed by atoms with Crippen molar-refractivity contribution in [3.63, 3.8) is 0 Å². The maximum Gasteiger partial charge on any atom is 0.227 e. The van der Waals surface area contributed by atoms with Gasteiger partial charge >= 0.3 is 0 Å². The van der Waals surface area contributed by atoms with Gasteiger partial charge in [0.1, 0.15) is 0 Å². The van der Waals surface area contributed by atoms with E-state index >= 15 is 0 Å². The Morgan fingerprint density at radius 2 is 2.03 bits per heavy atom. The average Bonchev–Trinajstić information content (AvgIpc) is 3.20. The fourth-order valence-corrected chi connectivity index (χ4v) is 4.23. The van der Waals surface area contributed by atoms with Crippen LogP contribution in [0.2, 0.25) is 5.02 Å². The average molecular weight is 435 g/mol. The highest BCUT2D eigenvalue weighted by atomic mass is 35.5. The lowest BCUT2D eigenvalue weighted by Crippen LogP contribution is -2.36. The first-order valence-electron chi connectivity index (χ1n) is 10.4. The van der Waals surface area contributed by atoms with Crippen molar-refractivity contribution in [2.24, 2.45) is 0 Å². The van der Waals surface area contributed by atoms with Gasteiger partial charge in [-0.2, -0.15) is 0 Å². The van der Waals surface area contributed by atoms with E-state index in [-0.39, 0.29) is 0 Å². The third-order valence-corrected chi connectivity index (χ3v) is 5.76. The lowest BCUT2D eigenvalue weighted by atomic mass is 10.1. The highest BCUT2D eigenvalue weighted by Crippen LogP contribution is 2.33. The van der Waals surface area contributed by atoms with E-state index in [9.17, 15) is 0 Å². The van der Waals surface area contributed by atoms with Crippen molar-refractivity contribution in [2.75, 3.05) is 36.5 Å². The van der Waals surface area contributed by atoms with Crippen LogP contribution in [0.3, 0.4) is 0 Å². The summed E-state index contributed by atoms with van der Waals surface area (Å²) in [6, 6.07) is 10.2. The van der Waals surface area contributed by atoms with E-state index in [1.165, 1.54) is 0 Å². The summed E-state index contributed by atoms with van der Waals surface area (Å²) in [5, 5.41) is 4.96. The summed E-state index contributed by atoms with van der Waals surface area (Å²) < 4.78 is 7.58. The molecule has 1 aromatic carbocycles. The van der Waals surface area contributed by atoms with Crippen LogP contribution in [-0.4, -0.2) is 45.8 Å². The molecule has 8 heteroatoms. The van der Waals surface area contributed by atoms with Gasteiger partial charge in [0.2, 0.25) is 5.95 Å². The molecule has 0 unspecified atom stereocenters. The lowest BCUT2D eigenvalue weighted by Gasteiger charge is -2.29. The highest BCUT2D eigenvalue weighted by molar-refractivity contribution is 6.35. The van der Waals surface area contributed by atoms with Crippen LogP contribution in [0.25, 0.3) is 22.2 Å². The van der Waals surface area contributed by atoms with E-state index in [4.69, 9.17) is 21.3 Å². The number of morpholine rings is 1. The molecule has 0 radical (unpaired) electrons. The summed E-state index contributed by atoms with van der Waals surface area (Å²) in [6.45, 7) is 6.21. The zero-order chi connectivity index (χ0) is 21.2. The Hall–Kier alpha value is -3.16. The molecular weight excluding hydrogens is 412 g/mol. The topological polar surface area (TPSA) is 68.1 Å². The van der Waals surface area contributed by atoms with Crippen LogP contribution in [0, 0.1) is 0 Å². The number of halogens is 1. The predicted octanol–water partition coefficient (Wildman–Crippen LogP) is 4.75. The van der Waals surface area contributed by atoms with Crippen molar-refractivity contribution in [3.05, 3.63) is 60.1 Å². The van der Waals surface area contributed by atoms with Crippen LogP contribution in [0.4, 0.5) is 17.3 Å². The minimum absolute atomic E-state index is 0.545. The number of benzene rings is 1. The molecule has 1 saturated heterocycles. The van der Waals surface area contributed by atoms with Crippen molar-refractivity contribution in [3.8, 4) is 11.3 Å². The number of nitrogens with one attached hydrogen (secondary N) is 1. The zero-order valence-electron chi connectivity index (χ0n) is 17.3. The van der Waals surface area contributed by atoms with Gasteiger partial charge in [0.25, 0.3) is 0 Å². The SMILES string of the molecule is CCn1cc(-c2ccnc(Nc3cccc(N4CCOCC4)c3)n2)c2cncc(Cl)c21. The number of aryl methyl sites for hydroxylation is 1. The molecule has 0 saturated carbocycles. The minimum Gasteiger partial charge on any atom is -0.378 e. The predicted molar refractivity (Wildman–Crippen MR) is 124 cm³/mol. The molecule has 1 fully saturated rings. The molecule has 158 valence electrons. The van der Waals surface area contributed by atoms with Gasteiger partial charge in [0, 0.05) is 66.7 Å². The maximum atomic E-state index is 6.42. The second-order valence-corrected chi connectivity index (χ2v) is 7.79. The number of hydrogen-bond donors (Lipinski definition) is 1. The number of nitrogens with zero attached hydrogens (tertiary/aromatic N) is 5. The first-order chi connectivity index (χ1) is 15.2. The van der Waals surface area contributed by atoms with Crippen LogP contribution in [0.5, 0.6) is 0 Å².